The van der Waals surface area contributed by atoms with Gasteiger partial charge in [-0.3, -0.25) is 4.79 Å². The molecule has 0 radical (unpaired) electrons. The second kappa shape index (κ2) is 3.77. The molecule has 0 N–H and O–H groups in total. The number of nitrogens with zero attached hydrogens (tertiary/aromatic N) is 1. The van der Waals surface area contributed by atoms with Crippen LogP contribution in [0.1, 0.15) is 33.6 Å². The van der Waals surface area contributed by atoms with Crippen LogP contribution in [0, 0.1) is 5.92 Å². The quantitative estimate of drug-likeness (QED) is 0.647. The zero-order valence-corrected chi connectivity index (χ0v) is 8.24. The number of carbonyl (C=O) groups is 2. The van der Waals surface area contributed by atoms with Crippen molar-refractivity contribution in [1.29, 1.82) is 0 Å². The Morgan fingerprint density at radius 2 is 2.23 bits per heavy atom. The highest BCUT2D eigenvalue weighted by Gasteiger charge is 2.31. The molecule has 1 amide bonds. The minimum atomic E-state index is -0.345. The first-order valence-corrected chi connectivity index (χ1v) is 4.56. The summed E-state index contributed by atoms with van der Waals surface area (Å²) in [6.07, 6.45) is 1.25. The van der Waals surface area contributed by atoms with Crippen LogP contribution in [0.3, 0.4) is 0 Å². The fourth-order valence-corrected chi connectivity index (χ4v) is 1.15. The number of carbonyl (C=O) groups excluding carboxylic acids is 2. The van der Waals surface area contributed by atoms with Gasteiger partial charge in [-0.2, -0.15) is 5.06 Å². The van der Waals surface area contributed by atoms with Crippen molar-refractivity contribution in [2.45, 2.75) is 39.7 Å². The van der Waals surface area contributed by atoms with E-state index in [-0.39, 0.29) is 23.8 Å². The standard InChI is InChI=1S/C9H15NO3/c1-6(2)9(12)13-10-7(3)4-5-8(10)11/h6-7H,4-5H2,1-3H3. The van der Waals surface area contributed by atoms with E-state index in [1.54, 1.807) is 13.8 Å². The molecule has 0 aliphatic carbocycles. The van der Waals surface area contributed by atoms with Crippen LogP contribution in [-0.2, 0) is 14.4 Å². The van der Waals surface area contributed by atoms with Crippen LogP contribution in [-0.4, -0.2) is 23.0 Å². The normalized spacial score (nSPS) is 22.6. The van der Waals surface area contributed by atoms with Gasteiger partial charge in [-0.05, 0) is 13.3 Å². The smallest absolute Gasteiger partial charge is 0.335 e. The number of rotatable bonds is 2. The Labute approximate surface area is 77.8 Å². The first kappa shape index (κ1) is 10.0. The second-order valence-electron chi connectivity index (χ2n) is 3.67. The topological polar surface area (TPSA) is 46.6 Å². The maximum atomic E-state index is 11.2. The summed E-state index contributed by atoms with van der Waals surface area (Å²) in [6, 6.07) is 0.0233. The lowest BCUT2D eigenvalue weighted by atomic mass is 10.2. The molecule has 1 unspecified atom stereocenters. The van der Waals surface area contributed by atoms with Crippen LogP contribution in [0.15, 0.2) is 0 Å². The third kappa shape index (κ3) is 2.20. The van der Waals surface area contributed by atoms with Crippen molar-refractivity contribution in [3.63, 3.8) is 0 Å². The van der Waals surface area contributed by atoms with Gasteiger partial charge in [-0.25, -0.2) is 4.79 Å². The SMILES string of the molecule is CC(C)C(=O)ON1C(=O)CCC1C. The van der Waals surface area contributed by atoms with Gasteiger partial charge in [0.05, 0.1) is 12.0 Å². The Balaban J connectivity index is 2.52. The summed E-state index contributed by atoms with van der Waals surface area (Å²) in [5, 5.41) is 1.20. The maximum absolute atomic E-state index is 11.2. The molecule has 0 aromatic carbocycles. The number of amides is 1. The molecule has 0 aromatic heterocycles. The Bertz CT molecular complexity index is 225. The Hall–Kier alpha value is -1.06. The van der Waals surface area contributed by atoms with Gasteiger partial charge in [-0.15, -0.1) is 0 Å². The molecule has 0 saturated carbocycles. The van der Waals surface area contributed by atoms with Gasteiger partial charge >= 0.3 is 5.97 Å². The summed E-state index contributed by atoms with van der Waals surface area (Å²) < 4.78 is 0. The molecule has 1 aliphatic rings. The van der Waals surface area contributed by atoms with Gasteiger partial charge in [0.25, 0.3) is 5.91 Å². The van der Waals surface area contributed by atoms with Crippen LogP contribution in [0.4, 0.5) is 0 Å². The Morgan fingerprint density at radius 1 is 1.62 bits per heavy atom. The maximum Gasteiger partial charge on any atom is 0.335 e. The van der Waals surface area contributed by atoms with E-state index in [0.717, 1.165) is 6.42 Å². The van der Waals surface area contributed by atoms with Crippen LogP contribution in [0.5, 0.6) is 0 Å². The van der Waals surface area contributed by atoms with E-state index in [1.165, 1.54) is 5.06 Å². The molecule has 0 spiro atoms. The molecule has 1 aliphatic heterocycles. The van der Waals surface area contributed by atoms with E-state index in [0.29, 0.717) is 6.42 Å². The van der Waals surface area contributed by atoms with Crippen LogP contribution >= 0.6 is 0 Å². The Morgan fingerprint density at radius 3 is 2.62 bits per heavy atom. The summed E-state index contributed by atoms with van der Waals surface area (Å²) in [5.74, 6) is -0.635. The highest BCUT2D eigenvalue weighted by molar-refractivity contribution is 5.80. The Kier molecular flexibility index (Phi) is 2.90. The molecule has 1 rings (SSSR count). The average molecular weight is 185 g/mol. The van der Waals surface area contributed by atoms with Gasteiger partial charge in [0.15, 0.2) is 0 Å². The van der Waals surface area contributed by atoms with Crippen LogP contribution in [0.25, 0.3) is 0 Å². The summed E-state index contributed by atoms with van der Waals surface area (Å²) in [5.41, 5.74) is 0. The highest BCUT2D eigenvalue weighted by Crippen LogP contribution is 2.19. The van der Waals surface area contributed by atoms with E-state index in [1.807, 2.05) is 6.92 Å². The third-order valence-electron chi connectivity index (χ3n) is 2.08. The molecule has 74 valence electrons. The molecule has 1 saturated heterocycles. The van der Waals surface area contributed by atoms with Gasteiger partial charge in [0.1, 0.15) is 0 Å². The highest BCUT2D eigenvalue weighted by atomic mass is 16.7. The van der Waals surface area contributed by atoms with Crippen molar-refractivity contribution in [2.24, 2.45) is 5.92 Å². The van der Waals surface area contributed by atoms with Crippen molar-refractivity contribution in [2.75, 3.05) is 0 Å². The van der Waals surface area contributed by atoms with E-state index in [2.05, 4.69) is 0 Å². The predicted molar refractivity (Wildman–Crippen MR) is 46.5 cm³/mol. The number of hydrogen-bond acceptors (Lipinski definition) is 3. The van der Waals surface area contributed by atoms with Gasteiger partial charge in [-0.1, -0.05) is 13.8 Å². The molecule has 4 heteroatoms. The molecule has 13 heavy (non-hydrogen) atoms. The monoisotopic (exact) mass is 185 g/mol. The lowest BCUT2D eigenvalue weighted by molar-refractivity contribution is -0.202. The molecule has 0 aromatic rings. The average Bonchev–Trinajstić information content (AvgIpc) is 2.35. The van der Waals surface area contributed by atoms with Crippen molar-refractivity contribution in [1.82, 2.24) is 5.06 Å². The van der Waals surface area contributed by atoms with E-state index in [9.17, 15) is 9.59 Å². The molecular weight excluding hydrogens is 170 g/mol. The van der Waals surface area contributed by atoms with Gasteiger partial charge in [0.2, 0.25) is 0 Å². The van der Waals surface area contributed by atoms with Crippen molar-refractivity contribution < 1.29 is 14.4 Å². The molecular formula is C9H15NO3. The van der Waals surface area contributed by atoms with Crippen molar-refractivity contribution in [3.05, 3.63) is 0 Å². The van der Waals surface area contributed by atoms with Gasteiger partial charge < -0.3 is 4.84 Å². The predicted octanol–water partition coefficient (Wildman–Crippen LogP) is 1.11. The molecule has 0 bridgehead atoms. The van der Waals surface area contributed by atoms with Crippen LogP contribution in [0.2, 0.25) is 0 Å². The first-order valence-electron chi connectivity index (χ1n) is 4.56. The molecule has 4 nitrogen and oxygen atoms in total. The van der Waals surface area contributed by atoms with E-state index in [4.69, 9.17) is 4.84 Å². The molecule has 1 heterocycles. The minimum absolute atomic E-state index is 0.0233. The summed E-state index contributed by atoms with van der Waals surface area (Å²) in [4.78, 5) is 27.3. The molecule has 1 fully saturated rings. The summed E-state index contributed by atoms with van der Waals surface area (Å²) in [7, 11) is 0. The zero-order valence-electron chi connectivity index (χ0n) is 8.24. The van der Waals surface area contributed by atoms with Crippen LogP contribution < -0.4 is 0 Å². The lowest BCUT2D eigenvalue weighted by Crippen LogP contribution is -2.34. The minimum Gasteiger partial charge on any atom is -0.338 e. The number of hydroxylamine groups is 2. The summed E-state index contributed by atoms with van der Waals surface area (Å²) in [6.45, 7) is 5.36. The van der Waals surface area contributed by atoms with Crippen molar-refractivity contribution >= 4 is 11.9 Å². The second-order valence-corrected chi connectivity index (χ2v) is 3.67. The third-order valence-corrected chi connectivity index (χ3v) is 2.08. The molecule has 1 atom stereocenters. The van der Waals surface area contributed by atoms with Gasteiger partial charge in [0, 0.05) is 6.42 Å². The summed E-state index contributed by atoms with van der Waals surface area (Å²) >= 11 is 0. The first-order chi connectivity index (χ1) is 6.02. The van der Waals surface area contributed by atoms with Crippen molar-refractivity contribution in [3.8, 4) is 0 Å². The fourth-order valence-electron chi connectivity index (χ4n) is 1.15. The number of hydrogen-bond donors (Lipinski definition) is 0. The zero-order chi connectivity index (χ0) is 10.0. The van der Waals surface area contributed by atoms with E-state index >= 15 is 0 Å². The largest absolute Gasteiger partial charge is 0.338 e. The lowest BCUT2D eigenvalue weighted by Gasteiger charge is -2.20. The van der Waals surface area contributed by atoms with E-state index < -0.39 is 0 Å². The fraction of sp³-hybridized carbons (Fsp3) is 0.778.